The topological polar surface area (TPSA) is 84.5 Å². The maximum absolute atomic E-state index is 12.6. The Bertz CT molecular complexity index is 1360. The van der Waals surface area contributed by atoms with Crippen LogP contribution in [0.25, 0.3) is 0 Å². The second-order valence-corrected chi connectivity index (χ2v) is 9.99. The third-order valence-electron chi connectivity index (χ3n) is 5.59. The third-order valence-corrected chi connectivity index (χ3v) is 7.07. The Morgan fingerprint density at radius 1 is 0.694 bits per heavy atom. The van der Waals surface area contributed by atoms with Crippen molar-refractivity contribution in [1.82, 2.24) is 4.72 Å². The Morgan fingerprint density at radius 3 is 1.89 bits per heavy atom. The predicted molar refractivity (Wildman–Crippen MR) is 142 cm³/mol. The molecule has 0 aromatic heterocycles. The highest BCUT2D eigenvalue weighted by atomic mass is 32.2. The van der Waals surface area contributed by atoms with Crippen LogP contribution in [0, 0.1) is 0 Å². The number of sulfonamides is 1. The first kappa shape index (κ1) is 25.2. The number of nitrogens with one attached hydrogen (secondary N) is 2. The van der Waals surface area contributed by atoms with Gasteiger partial charge in [-0.25, -0.2) is 13.1 Å². The van der Waals surface area contributed by atoms with E-state index in [9.17, 15) is 13.2 Å². The molecule has 2 N–H and O–H groups in total. The van der Waals surface area contributed by atoms with Crippen molar-refractivity contribution in [3.8, 4) is 5.75 Å². The van der Waals surface area contributed by atoms with Crippen LogP contribution < -0.4 is 14.8 Å². The molecule has 7 heteroatoms. The maximum Gasteiger partial charge on any atom is 0.255 e. The normalized spacial score (nSPS) is 11.1. The average Bonchev–Trinajstić information content (AvgIpc) is 2.90. The van der Waals surface area contributed by atoms with Crippen molar-refractivity contribution in [3.05, 3.63) is 126 Å². The summed E-state index contributed by atoms with van der Waals surface area (Å²) in [6.45, 7) is 0.850. The van der Waals surface area contributed by atoms with E-state index in [-0.39, 0.29) is 10.8 Å². The van der Waals surface area contributed by atoms with Crippen molar-refractivity contribution >= 4 is 21.6 Å². The van der Waals surface area contributed by atoms with Crippen LogP contribution in [0.5, 0.6) is 5.75 Å². The van der Waals surface area contributed by atoms with Crippen LogP contribution >= 0.6 is 0 Å². The van der Waals surface area contributed by atoms with E-state index < -0.39 is 10.0 Å². The molecular formula is C29H28N2O4S. The minimum Gasteiger partial charge on any atom is -0.493 e. The number of carbonyl (C=O) groups excluding carboxylic acids is 1. The Morgan fingerprint density at radius 2 is 1.28 bits per heavy atom. The van der Waals surface area contributed by atoms with Crippen LogP contribution in [-0.2, 0) is 22.9 Å². The van der Waals surface area contributed by atoms with Crippen LogP contribution in [0.1, 0.15) is 21.5 Å². The molecule has 0 spiro atoms. The number of ether oxygens (including phenoxy) is 1. The minimum atomic E-state index is -3.63. The fourth-order valence-corrected chi connectivity index (χ4v) is 4.64. The van der Waals surface area contributed by atoms with Crippen LogP contribution in [0.15, 0.2) is 114 Å². The molecule has 0 aliphatic rings. The molecule has 0 fully saturated rings. The summed E-state index contributed by atoms with van der Waals surface area (Å²) in [7, 11) is -3.63. The molecule has 4 rings (SSSR count). The van der Waals surface area contributed by atoms with Gasteiger partial charge in [0, 0.05) is 24.2 Å². The lowest BCUT2D eigenvalue weighted by atomic mass is 10.2. The predicted octanol–water partition coefficient (Wildman–Crippen LogP) is 5.08. The van der Waals surface area contributed by atoms with Crippen molar-refractivity contribution in [3.63, 3.8) is 0 Å². The summed E-state index contributed by atoms with van der Waals surface area (Å²) in [6, 6.07) is 32.8. The summed E-state index contributed by atoms with van der Waals surface area (Å²) in [5.41, 5.74) is 3.25. The number of carbonyl (C=O) groups is 1. The second-order valence-electron chi connectivity index (χ2n) is 8.22. The largest absolute Gasteiger partial charge is 0.493 e. The van der Waals surface area contributed by atoms with Gasteiger partial charge < -0.3 is 10.1 Å². The van der Waals surface area contributed by atoms with Crippen LogP contribution in [0.3, 0.4) is 0 Å². The molecule has 4 aromatic rings. The molecule has 36 heavy (non-hydrogen) atoms. The summed E-state index contributed by atoms with van der Waals surface area (Å²) in [6.07, 6.45) is 1.41. The number of rotatable bonds is 11. The number of hydrogen-bond donors (Lipinski definition) is 2. The van der Waals surface area contributed by atoms with Crippen molar-refractivity contribution < 1.29 is 17.9 Å². The van der Waals surface area contributed by atoms with Crippen LogP contribution in [-0.4, -0.2) is 27.5 Å². The van der Waals surface area contributed by atoms with E-state index in [1.807, 2.05) is 48.5 Å². The lowest BCUT2D eigenvalue weighted by molar-refractivity contribution is 0.102. The van der Waals surface area contributed by atoms with Crippen LogP contribution in [0.2, 0.25) is 0 Å². The first-order valence-corrected chi connectivity index (χ1v) is 13.2. The van der Waals surface area contributed by atoms with Crippen molar-refractivity contribution in [2.24, 2.45) is 0 Å². The smallest absolute Gasteiger partial charge is 0.255 e. The summed E-state index contributed by atoms with van der Waals surface area (Å²) >= 11 is 0. The summed E-state index contributed by atoms with van der Waals surface area (Å²) in [4.78, 5) is 12.7. The molecule has 0 heterocycles. The van der Waals surface area contributed by atoms with Gasteiger partial charge in [0.15, 0.2) is 0 Å². The fraction of sp³-hybridized carbons (Fsp3) is 0.138. The fourth-order valence-electron chi connectivity index (χ4n) is 3.61. The molecule has 4 aromatic carbocycles. The van der Waals surface area contributed by atoms with Gasteiger partial charge in [0.1, 0.15) is 5.75 Å². The number of anilines is 1. The monoisotopic (exact) mass is 500 g/mol. The van der Waals surface area contributed by atoms with Gasteiger partial charge in [0.05, 0.1) is 11.5 Å². The first-order chi connectivity index (χ1) is 17.5. The highest BCUT2D eigenvalue weighted by Gasteiger charge is 2.14. The number of hydrogen-bond acceptors (Lipinski definition) is 4. The van der Waals surface area contributed by atoms with E-state index in [2.05, 4.69) is 22.2 Å². The molecule has 1 amide bonds. The zero-order chi connectivity index (χ0) is 25.2. The molecule has 0 saturated heterocycles. The summed E-state index contributed by atoms with van der Waals surface area (Å²) in [5, 5.41) is 2.79. The molecule has 0 radical (unpaired) electrons. The van der Waals surface area contributed by atoms with Crippen LogP contribution in [0.4, 0.5) is 5.69 Å². The van der Waals surface area contributed by atoms with Gasteiger partial charge in [-0.1, -0.05) is 60.7 Å². The van der Waals surface area contributed by atoms with Gasteiger partial charge >= 0.3 is 0 Å². The van der Waals surface area contributed by atoms with Gasteiger partial charge in [0.25, 0.3) is 5.91 Å². The Hall–Kier alpha value is -3.94. The molecule has 0 aliphatic carbocycles. The summed E-state index contributed by atoms with van der Waals surface area (Å²) in [5.74, 6) is 0.402. The second kappa shape index (κ2) is 12.2. The Labute approximate surface area is 212 Å². The maximum atomic E-state index is 12.6. The zero-order valence-corrected chi connectivity index (χ0v) is 20.6. The zero-order valence-electron chi connectivity index (χ0n) is 19.8. The van der Waals surface area contributed by atoms with Gasteiger partial charge in [-0.05, 0) is 66.1 Å². The first-order valence-electron chi connectivity index (χ1n) is 11.7. The molecule has 0 unspecified atom stereocenters. The van der Waals surface area contributed by atoms with E-state index in [1.54, 1.807) is 36.4 Å². The molecule has 0 saturated carbocycles. The highest BCUT2D eigenvalue weighted by Crippen LogP contribution is 2.17. The summed E-state index contributed by atoms with van der Waals surface area (Å²) < 4.78 is 33.5. The Balaban J connectivity index is 1.26. The quantitative estimate of drug-likeness (QED) is 0.301. The van der Waals surface area contributed by atoms with E-state index in [0.717, 1.165) is 12.0 Å². The van der Waals surface area contributed by atoms with E-state index in [1.165, 1.54) is 17.7 Å². The molecule has 0 atom stereocenters. The van der Waals surface area contributed by atoms with E-state index in [4.69, 9.17) is 4.74 Å². The lowest BCUT2D eigenvalue weighted by Crippen LogP contribution is -2.26. The highest BCUT2D eigenvalue weighted by molar-refractivity contribution is 7.89. The molecule has 6 nitrogen and oxygen atoms in total. The SMILES string of the molecule is O=C(Nc1ccc(S(=O)(=O)NCCc2ccccc2)cc1)c1ccc(OCCc2ccccc2)cc1. The third kappa shape index (κ3) is 7.28. The molecular weight excluding hydrogens is 472 g/mol. The average molecular weight is 501 g/mol. The minimum absolute atomic E-state index is 0.144. The number of benzene rings is 4. The van der Waals surface area contributed by atoms with Crippen molar-refractivity contribution in [2.45, 2.75) is 17.7 Å². The lowest BCUT2D eigenvalue weighted by Gasteiger charge is -2.10. The van der Waals surface area contributed by atoms with E-state index in [0.29, 0.717) is 36.6 Å². The van der Waals surface area contributed by atoms with Crippen molar-refractivity contribution in [2.75, 3.05) is 18.5 Å². The molecule has 0 bridgehead atoms. The van der Waals surface area contributed by atoms with Gasteiger partial charge in [-0.15, -0.1) is 0 Å². The number of amides is 1. The standard InChI is InChI=1S/C29H28N2O4S/c32-29(25-11-15-27(16-12-25)35-22-20-24-9-5-2-6-10-24)31-26-13-17-28(18-14-26)36(33,34)30-21-19-23-7-3-1-4-8-23/h1-18,30H,19-22H2,(H,31,32). The molecule has 0 aliphatic heterocycles. The molecule has 184 valence electrons. The van der Waals surface area contributed by atoms with Gasteiger partial charge in [-0.3, -0.25) is 4.79 Å². The van der Waals surface area contributed by atoms with E-state index >= 15 is 0 Å². The Kier molecular flexibility index (Phi) is 8.49. The van der Waals surface area contributed by atoms with Crippen molar-refractivity contribution in [1.29, 1.82) is 0 Å². The van der Waals surface area contributed by atoms with Gasteiger partial charge in [0.2, 0.25) is 10.0 Å². The van der Waals surface area contributed by atoms with Gasteiger partial charge in [-0.2, -0.15) is 0 Å².